The third-order valence-corrected chi connectivity index (χ3v) is 3.99. The Morgan fingerprint density at radius 2 is 2.56 bits per heavy atom. The van der Waals surface area contributed by atoms with Crippen molar-refractivity contribution in [1.29, 1.82) is 5.26 Å². The normalized spacial score (nSPS) is 21.9. The van der Waals surface area contributed by atoms with Gasteiger partial charge in [0.25, 0.3) is 0 Å². The molecule has 1 fully saturated rings. The second kappa shape index (κ2) is 5.42. The minimum Gasteiger partial charge on any atom is -0.306 e. The first kappa shape index (κ1) is 11.6. The van der Waals surface area contributed by atoms with Crippen molar-refractivity contribution in [3.8, 4) is 6.07 Å². The van der Waals surface area contributed by atoms with Gasteiger partial charge in [0.05, 0.1) is 16.8 Å². The maximum absolute atomic E-state index is 8.54. The Morgan fingerprint density at radius 3 is 3.31 bits per heavy atom. The summed E-state index contributed by atoms with van der Waals surface area (Å²) in [5.41, 5.74) is 1.24. The van der Waals surface area contributed by atoms with Gasteiger partial charge in [-0.1, -0.05) is 0 Å². The maximum atomic E-state index is 8.54. The molecule has 1 atom stereocenters. The van der Waals surface area contributed by atoms with Gasteiger partial charge in [-0.3, -0.25) is 0 Å². The van der Waals surface area contributed by atoms with Gasteiger partial charge >= 0.3 is 0 Å². The number of rotatable bonds is 3. The molecule has 1 unspecified atom stereocenters. The van der Waals surface area contributed by atoms with Crippen LogP contribution in [0.4, 0.5) is 0 Å². The fourth-order valence-electron chi connectivity index (χ4n) is 2.20. The van der Waals surface area contributed by atoms with Gasteiger partial charge in [0.15, 0.2) is 0 Å². The Kier molecular flexibility index (Phi) is 3.92. The van der Waals surface area contributed by atoms with Crippen LogP contribution in [0, 0.1) is 11.3 Å². The predicted molar refractivity (Wildman–Crippen MR) is 65.5 cm³/mol. The van der Waals surface area contributed by atoms with Gasteiger partial charge in [-0.25, -0.2) is 4.98 Å². The average Bonchev–Trinajstić information content (AvgIpc) is 2.75. The van der Waals surface area contributed by atoms with Crippen molar-refractivity contribution in [2.75, 3.05) is 20.1 Å². The highest BCUT2D eigenvalue weighted by molar-refractivity contribution is 7.09. The summed E-state index contributed by atoms with van der Waals surface area (Å²) in [4.78, 5) is 7.02. The minimum absolute atomic E-state index is 0.581. The molecule has 1 aromatic heterocycles. The molecule has 1 aromatic rings. The second-order valence-electron chi connectivity index (χ2n) is 4.43. The van der Waals surface area contributed by atoms with E-state index in [1.54, 1.807) is 11.3 Å². The number of aryl methyl sites for hydroxylation is 1. The summed E-state index contributed by atoms with van der Waals surface area (Å²) in [5.74, 6) is 0.603. The molecular weight excluding hydrogens is 218 g/mol. The molecule has 0 amide bonds. The molecule has 0 bridgehead atoms. The molecule has 2 rings (SSSR count). The van der Waals surface area contributed by atoms with Crippen LogP contribution in [-0.4, -0.2) is 30.0 Å². The van der Waals surface area contributed by atoms with Gasteiger partial charge in [-0.05, 0) is 26.4 Å². The van der Waals surface area contributed by atoms with Gasteiger partial charge < -0.3 is 4.90 Å². The zero-order valence-corrected chi connectivity index (χ0v) is 10.5. The molecule has 86 valence electrons. The van der Waals surface area contributed by atoms with Gasteiger partial charge in [0.1, 0.15) is 0 Å². The van der Waals surface area contributed by atoms with E-state index in [0.29, 0.717) is 12.3 Å². The molecule has 1 saturated heterocycles. The molecule has 2 heterocycles. The Hall–Kier alpha value is -0.920. The summed E-state index contributed by atoms with van der Waals surface area (Å²) in [6.07, 6.45) is 3.92. The maximum Gasteiger partial charge on any atom is 0.0938 e. The van der Waals surface area contributed by atoms with Crippen molar-refractivity contribution in [1.82, 2.24) is 9.88 Å². The lowest BCUT2D eigenvalue weighted by Gasteiger charge is -2.28. The number of nitriles is 1. The zero-order valence-electron chi connectivity index (χ0n) is 9.65. The standard InChI is InChI=1S/C12H17N3S/c1-15-7-3-4-10(8-15)11-9-16-12(14-11)5-2-6-13/h9-10H,2-5,7-8H2,1H3. The second-order valence-corrected chi connectivity index (χ2v) is 5.37. The minimum atomic E-state index is 0.581. The zero-order chi connectivity index (χ0) is 11.4. The fourth-order valence-corrected chi connectivity index (χ4v) is 3.08. The van der Waals surface area contributed by atoms with E-state index in [4.69, 9.17) is 5.26 Å². The summed E-state index contributed by atoms with van der Waals surface area (Å²) in [7, 11) is 2.18. The summed E-state index contributed by atoms with van der Waals surface area (Å²) in [5, 5.41) is 11.8. The van der Waals surface area contributed by atoms with Crippen molar-refractivity contribution in [3.63, 3.8) is 0 Å². The third-order valence-electron chi connectivity index (χ3n) is 3.06. The fraction of sp³-hybridized carbons (Fsp3) is 0.667. The van der Waals surface area contributed by atoms with E-state index >= 15 is 0 Å². The first-order valence-corrected chi connectivity index (χ1v) is 6.67. The average molecular weight is 235 g/mol. The number of nitrogens with zero attached hydrogens (tertiary/aromatic N) is 3. The van der Waals surface area contributed by atoms with E-state index in [9.17, 15) is 0 Å². The van der Waals surface area contributed by atoms with Crippen molar-refractivity contribution in [3.05, 3.63) is 16.1 Å². The van der Waals surface area contributed by atoms with Crippen LogP contribution >= 0.6 is 11.3 Å². The van der Waals surface area contributed by atoms with E-state index in [2.05, 4.69) is 28.4 Å². The molecule has 16 heavy (non-hydrogen) atoms. The molecule has 0 N–H and O–H groups in total. The lowest BCUT2D eigenvalue weighted by atomic mass is 9.96. The first-order chi connectivity index (χ1) is 7.79. The molecule has 0 saturated carbocycles. The highest BCUT2D eigenvalue weighted by Gasteiger charge is 2.20. The monoisotopic (exact) mass is 235 g/mol. The number of hydrogen-bond donors (Lipinski definition) is 0. The molecule has 0 spiro atoms. The van der Waals surface area contributed by atoms with Crippen LogP contribution in [0.3, 0.4) is 0 Å². The van der Waals surface area contributed by atoms with E-state index in [0.717, 1.165) is 18.0 Å². The van der Waals surface area contributed by atoms with Crippen molar-refractivity contribution in [2.45, 2.75) is 31.6 Å². The molecule has 1 aliphatic heterocycles. The molecule has 4 heteroatoms. The molecular formula is C12H17N3S. The number of aromatic nitrogens is 1. The molecule has 1 aliphatic rings. The molecule has 0 radical (unpaired) electrons. The largest absolute Gasteiger partial charge is 0.306 e. The van der Waals surface area contributed by atoms with Gasteiger partial charge in [-0.15, -0.1) is 11.3 Å². The summed E-state index contributed by atoms with van der Waals surface area (Å²) in [6.45, 7) is 2.34. The Balaban J connectivity index is 1.98. The number of likely N-dealkylation sites (tertiary alicyclic amines) is 1. The van der Waals surface area contributed by atoms with Crippen molar-refractivity contribution in [2.24, 2.45) is 0 Å². The van der Waals surface area contributed by atoms with E-state index in [-0.39, 0.29) is 0 Å². The predicted octanol–water partition coefficient (Wildman–Crippen LogP) is 2.41. The number of thiazole rings is 1. The summed E-state index contributed by atoms with van der Waals surface area (Å²) < 4.78 is 0. The Bertz CT molecular complexity index is 380. The Morgan fingerprint density at radius 1 is 1.69 bits per heavy atom. The number of piperidine rings is 1. The summed E-state index contributed by atoms with van der Waals surface area (Å²) in [6, 6.07) is 2.17. The first-order valence-electron chi connectivity index (χ1n) is 5.79. The number of likely N-dealkylation sites (N-methyl/N-ethyl adjacent to an activating group) is 1. The van der Waals surface area contributed by atoms with E-state index in [1.807, 2.05) is 0 Å². The van der Waals surface area contributed by atoms with Crippen LogP contribution in [-0.2, 0) is 6.42 Å². The van der Waals surface area contributed by atoms with Gasteiger partial charge in [0, 0.05) is 30.7 Å². The van der Waals surface area contributed by atoms with Crippen molar-refractivity contribution < 1.29 is 0 Å². The lowest BCUT2D eigenvalue weighted by molar-refractivity contribution is 0.249. The molecule has 3 nitrogen and oxygen atoms in total. The van der Waals surface area contributed by atoms with Crippen LogP contribution in [0.15, 0.2) is 5.38 Å². The smallest absolute Gasteiger partial charge is 0.0938 e. The van der Waals surface area contributed by atoms with Crippen molar-refractivity contribution >= 4 is 11.3 Å². The van der Waals surface area contributed by atoms with Crippen LogP contribution in [0.25, 0.3) is 0 Å². The van der Waals surface area contributed by atoms with Gasteiger partial charge in [0.2, 0.25) is 0 Å². The van der Waals surface area contributed by atoms with Crippen LogP contribution in [0.2, 0.25) is 0 Å². The topological polar surface area (TPSA) is 39.9 Å². The lowest BCUT2D eigenvalue weighted by Crippen LogP contribution is -2.30. The highest BCUT2D eigenvalue weighted by Crippen LogP contribution is 2.27. The van der Waals surface area contributed by atoms with Crippen LogP contribution in [0.5, 0.6) is 0 Å². The van der Waals surface area contributed by atoms with Crippen LogP contribution in [0.1, 0.15) is 35.9 Å². The third kappa shape index (κ3) is 2.81. The van der Waals surface area contributed by atoms with Gasteiger partial charge in [-0.2, -0.15) is 5.26 Å². The quantitative estimate of drug-likeness (QED) is 0.807. The summed E-state index contributed by atoms with van der Waals surface area (Å²) >= 11 is 1.70. The highest BCUT2D eigenvalue weighted by atomic mass is 32.1. The number of hydrogen-bond acceptors (Lipinski definition) is 4. The van der Waals surface area contributed by atoms with Crippen LogP contribution < -0.4 is 0 Å². The molecule has 0 aliphatic carbocycles. The van der Waals surface area contributed by atoms with E-state index < -0.39 is 0 Å². The Labute approximate surface area is 101 Å². The van der Waals surface area contributed by atoms with E-state index in [1.165, 1.54) is 25.1 Å². The SMILES string of the molecule is CN1CCCC(c2csc(CCC#N)n2)C1. The molecule has 0 aromatic carbocycles.